The van der Waals surface area contributed by atoms with Crippen LogP contribution >= 0.6 is 11.8 Å². The zero-order chi connectivity index (χ0) is 21.3. The number of carbonyl (C=O) groups is 1. The van der Waals surface area contributed by atoms with E-state index in [0.29, 0.717) is 22.2 Å². The van der Waals surface area contributed by atoms with Gasteiger partial charge in [0.25, 0.3) is 0 Å². The van der Waals surface area contributed by atoms with Crippen LogP contribution in [0, 0.1) is 13.8 Å². The van der Waals surface area contributed by atoms with Crippen molar-refractivity contribution >= 4 is 23.2 Å². The first-order valence-corrected chi connectivity index (χ1v) is 10.3. The van der Waals surface area contributed by atoms with E-state index in [2.05, 4.69) is 10.2 Å². The Kier molecular flexibility index (Phi) is 5.41. The highest BCUT2D eigenvalue weighted by Gasteiger charge is 2.16. The van der Waals surface area contributed by atoms with Gasteiger partial charge < -0.3 is 4.74 Å². The average molecular weight is 420 g/mol. The molecule has 4 aromatic rings. The molecule has 0 spiro atoms. The molecule has 0 aliphatic heterocycles. The molecule has 0 bridgehead atoms. The van der Waals surface area contributed by atoms with Gasteiger partial charge in [0.1, 0.15) is 5.75 Å². The maximum Gasteiger partial charge on any atom is 0.300 e. The molecular formula is C22H20N4O3S. The molecule has 0 atom stereocenters. The number of ketones is 1. The molecule has 2 aromatic carbocycles. The number of benzene rings is 2. The zero-order valence-corrected chi connectivity index (χ0v) is 17.6. The molecule has 0 fully saturated rings. The Morgan fingerprint density at radius 2 is 1.90 bits per heavy atom. The van der Waals surface area contributed by atoms with Gasteiger partial charge >= 0.3 is 5.56 Å². The Morgan fingerprint density at radius 1 is 1.10 bits per heavy atom. The number of rotatable bonds is 6. The summed E-state index contributed by atoms with van der Waals surface area (Å²) >= 11 is 1.26. The van der Waals surface area contributed by atoms with Crippen molar-refractivity contribution in [1.29, 1.82) is 0 Å². The summed E-state index contributed by atoms with van der Waals surface area (Å²) in [7, 11) is 1.56. The average Bonchev–Trinajstić information content (AvgIpc) is 3.18. The molecule has 0 aliphatic carbocycles. The minimum Gasteiger partial charge on any atom is -0.495 e. The van der Waals surface area contributed by atoms with E-state index in [1.54, 1.807) is 36.0 Å². The summed E-state index contributed by atoms with van der Waals surface area (Å²) in [5.74, 6) is 0.804. The maximum atomic E-state index is 13.0. The van der Waals surface area contributed by atoms with Crippen LogP contribution < -0.4 is 10.3 Å². The second kappa shape index (κ2) is 8.16. The van der Waals surface area contributed by atoms with E-state index in [9.17, 15) is 9.59 Å². The van der Waals surface area contributed by atoms with Crippen LogP contribution in [0.4, 0.5) is 0 Å². The molecule has 0 N–H and O–H groups in total. The molecule has 0 unspecified atom stereocenters. The Morgan fingerprint density at radius 3 is 2.70 bits per heavy atom. The Balaban J connectivity index is 1.63. The fourth-order valence-corrected chi connectivity index (χ4v) is 4.03. The van der Waals surface area contributed by atoms with Gasteiger partial charge in [-0.25, -0.2) is 0 Å². The number of Topliss-reactive ketones (excluding diaryl/α,β-unsaturated/α-hetero) is 1. The SMILES string of the molecule is COc1ccccc1-n1ccn2c(SCC(=O)c3cc(C)ccc3C)nnc2c1=O. The Bertz CT molecular complexity index is 1310. The fraction of sp³-hybridized carbons (Fsp3) is 0.182. The largest absolute Gasteiger partial charge is 0.495 e. The van der Waals surface area contributed by atoms with Gasteiger partial charge in [-0.15, -0.1) is 10.2 Å². The zero-order valence-electron chi connectivity index (χ0n) is 16.8. The molecule has 2 heterocycles. The third-order valence-electron chi connectivity index (χ3n) is 4.81. The van der Waals surface area contributed by atoms with E-state index in [4.69, 9.17) is 4.74 Å². The number of thioether (sulfide) groups is 1. The lowest BCUT2D eigenvalue weighted by atomic mass is 10.0. The van der Waals surface area contributed by atoms with Gasteiger partial charge in [-0.1, -0.05) is 41.6 Å². The minimum absolute atomic E-state index is 0.0142. The van der Waals surface area contributed by atoms with Gasteiger partial charge in [-0.05, 0) is 37.6 Å². The lowest BCUT2D eigenvalue weighted by Crippen LogP contribution is -2.20. The van der Waals surface area contributed by atoms with Crippen molar-refractivity contribution in [1.82, 2.24) is 19.2 Å². The summed E-state index contributed by atoms with van der Waals surface area (Å²) < 4.78 is 8.43. The lowest BCUT2D eigenvalue weighted by molar-refractivity contribution is 0.102. The number of fused-ring (bicyclic) bond motifs is 1. The first-order valence-electron chi connectivity index (χ1n) is 9.32. The van der Waals surface area contributed by atoms with E-state index in [1.807, 2.05) is 44.2 Å². The van der Waals surface area contributed by atoms with Crippen molar-refractivity contribution in [2.24, 2.45) is 0 Å². The van der Waals surface area contributed by atoms with Crippen LogP contribution in [0.1, 0.15) is 21.5 Å². The third kappa shape index (κ3) is 3.61. The van der Waals surface area contributed by atoms with Crippen molar-refractivity contribution < 1.29 is 9.53 Å². The van der Waals surface area contributed by atoms with Crippen LogP contribution in [0.15, 0.2) is 64.8 Å². The van der Waals surface area contributed by atoms with Crippen LogP contribution in [0.25, 0.3) is 11.3 Å². The number of nitrogens with zero attached hydrogens (tertiary/aromatic N) is 4. The van der Waals surface area contributed by atoms with Crippen molar-refractivity contribution in [2.45, 2.75) is 19.0 Å². The maximum absolute atomic E-state index is 13.0. The monoisotopic (exact) mass is 420 g/mol. The molecule has 7 nitrogen and oxygen atoms in total. The number of hydrogen-bond acceptors (Lipinski definition) is 6. The summed E-state index contributed by atoms with van der Waals surface area (Å²) in [6.07, 6.45) is 3.36. The van der Waals surface area contributed by atoms with Gasteiger partial charge in [-0.3, -0.25) is 18.6 Å². The highest BCUT2D eigenvalue weighted by atomic mass is 32.2. The van der Waals surface area contributed by atoms with Crippen LogP contribution in [0.5, 0.6) is 5.75 Å². The van der Waals surface area contributed by atoms with Crippen molar-refractivity contribution in [3.05, 3.63) is 81.9 Å². The molecule has 0 saturated carbocycles. The molecule has 30 heavy (non-hydrogen) atoms. The summed E-state index contributed by atoms with van der Waals surface area (Å²) in [4.78, 5) is 25.6. The van der Waals surface area contributed by atoms with Crippen molar-refractivity contribution in [3.8, 4) is 11.4 Å². The fourth-order valence-electron chi connectivity index (χ4n) is 3.23. The highest BCUT2D eigenvalue weighted by Crippen LogP contribution is 2.22. The number of ether oxygens (including phenoxy) is 1. The minimum atomic E-state index is -0.317. The number of aryl methyl sites for hydroxylation is 2. The summed E-state index contributed by atoms with van der Waals surface area (Å²) in [6.45, 7) is 3.88. The van der Waals surface area contributed by atoms with Crippen LogP contribution in [0.2, 0.25) is 0 Å². The lowest BCUT2D eigenvalue weighted by Gasteiger charge is -2.10. The van der Waals surface area contributed by atoms with E-state index in [-0.39, 0.29) is 22.7 Å². The van der Waals surface area contributed by atoms with E-state index in [0.717, 1.165) is 11.1 Å². The predicted octanol–water partition coefficient (Wildman–Crippen LogP) is 3.48. The second-order valence-electron chi connectivity index (χ2n) is 6.85. The molecular weight excluding hydrogens is 400 g/mol. The smallest absolute Gasteiger partial charge is 0.300 e. The quantitative estimate of drug-likeness (QED) is 0.351. The van der Waals surface area contributed by atoms with Gasteiger partial charge in [-0.2, -0.15) is 0 Å². The number of hydrogen-bond donors (Lipinski definition) is 0. The summed E-state index contributed by atoms with van der Waals surface area (Å²) in [6, 6.07) is 13.1. The first-order chi connectivity index (χ1) is 14.5. The molecule has 2 aromatic heterocycles. The van der Waals surface area contributed by atoms with E-state index >= 15 is 0 Å². The van der Waals surface area contributed by atoms with Gasteiger partial charge in [0, 0.05) is 18.0 Å². The van der Waals surface area contributed by atoms with Crippen molar-refractivity contribution in [2.75, 3.05) is 12.9 Å². The van der Waals surface area contributed by atoms with E-state index in [1.165, 1.54) is 16.3 Å². The molecule has 0 amide bonds. The topological polar surface area (TPSA) is 78.5 Å². The normalized spacial score (nSPS) is 11.0. The second-order valence-corrected chi connectivity index (χ2v) is 7.79. The Hall–Kier alpha value is -3.39. The molecule has 152 valence electrons. The molecule has 4 rings (SSSR count). The van der Waals surface area contributed by atoms with Crippen molar-refractivity contribution in [3.63, 3.8) is 0 Å². The van der Waals surface area contributed by atoms with Gasteiger partial charge in [0.05, 0.1) is 18.6 Å². The standard InChI is InChI=1S/C22H20N4O3S/c1-14-8-9-15(2)16(12-14)18(27)13-30-22-24-23-20-21(28)25(10-11-26(20)22)17-6-4-5-7-19(17)29-3/h4-12H,13H2,1-3H3. The highest BCUT2D eigenvalue weighted by molar-refractivity contribution is 7.99. The summed E-state index contributed by atoms with van der Waals surface area (Å²) in [5, 5.41) is 8.66. The summed E-state index contributed by atoms with van der Waals surface area (Å²) in [5.41, 5.74) is 3.17. The Labute approximate surface area is 177 Å². The van der Waals surface area contributed by atoms with Gasteiger partial charge in [0.15, 0.2) is 10.9 Å². The first kappa shape index (κ1) is 19.9. The number of aromatic nitrogens is 4. The molecule has 8 heteroatoms. The van der Waals surface area contributed by atoms with Crippen LogP contribution in [0.3, 0.4) is 0 Å². The number of carbonyl (C=O) groups excluding carboxylic acids is 1. The molecule has 0 radical (unpaired) electrons. The van der Waals surface area contributed by atoms with Crippen LogP contribution in [-0.2, 0) is 0 Å². The number of methoxy groups -OCH3 is 1. The predicted molar refractivity (Wildman–Crippen MR) is 116 cm³/mol. The van der Waals surface area contributed by atoms with E-state index < -0.39 is 0 Å². The molecule has 0 saturated heterocycles. The van der Waals surface area contributed by atoms with Crippen LogP contribution in [-0.4, -0.2) is 37.8 Å². The molecule has 0 aliphatic rings. The third-order valence-corrected chi connectivity index (χ3v) is 5.75. The van der Waals surface area contributed by atoms with Gasteiger partial charge in [0.2, 0.25) is 5.65 Å². The number of para-hydroxylation sites is 2.